The van der Waals surface area contributed by atoms with Crippen LogP contribution >= 0.6 is 0 Å². The second kappa shape index (κ2) is 9.01. The zero-order valence-electron chi connectivity index (χ0n) is 19.5. The molecular weight excluding hydrogens is 398 g/mol. The van der Waals surface area contributed by atoms with Crippen LogP contribution in [0.5, 0.6) is 5.75 Å². The molecular formula is C28H35NO3. The summed E-state index contributed by atoms with van der Waals surface area (Å²) in [5.41, 5.74) is 11.8. The molecule has 0 unspecified atom stereocenters. The summed E-state index contributed by atoms with van der Waals surface area (Å²) in [4.78, 5) is 11.8. The summed E-state index contributed by atoms with van der Waals surface area (Å²) in [6, 6.07) is 12.6. The number of nitrogen functional groups attached to an aromatic ring is 1. The van der Waals surface area contributed by atoms with E-state index in [4.69, 9.17) is 10.5 Å². The van der Waals surface area contributed by atoms with Crippen LogP contribution in [0.25, 0.3) is 0 Å². The minimum Gasteiger partial charge on any atom is -0.487 e. The molecule has 0 saturated carbocycles. The maximum absolute atomic E-state index is 11.8. The third-order valence-electron chi connectivity index (χ3n) is 7.19. The van der Waals surface area contributed by atoms with E-state index in [1.54, 1.807) is 0 Å². The van der Waals surface area contributed by atoms with Crippen LogP contribution in [0.1, 0.15) is 81.0 Å². The number of hydrogen-bond donors (Lipinski definition) is 2. The number of aliphatic carboxylic acids is 1. The molecule has 0 fully saturated rings. The molecule has 2 aromatic carbocycles. The number of carbonyl (C=O) groups is 1. The van der Waals surface area contributed by atoms with Gasteiger partial charge in [0.05, 0.1) is 0 Å². The molecule has 0 spiro atoms. The Morgan fingerprint density at radius 2 is 1.91 bits per heavy atom. The third kappa shape index (κ3) is 4.55. The van der Waals surface area contributed by atoms with E-state index in [2.05, 4.69) is 45.0 Å². The molecule has 4 rings (SSSR count). The van der Waals surface area contributed by atoms with Crippen molar-refractivity contribution in [1.82, 2.24) is 0 Å². The Morgan fingerprint density at radius 3 is 2.59 bits per heavy atom. The first kappa shape index (κ1) is 22.4. The summed E-state index contributed by atoms with van der Waals surface area (Å²) in [7, 11) is 0. The van der Waals surface area contributed by atoms with Gasteiger partial charge in [-0.3, -0.25) is 0 Å². The molecule has 1 aliphatic carbocycles. The van der Waals surface area contributed by atoms with Gasteiger partial charge in [0.15, 0.2) is 0 Å². The highest BCUT2D eigenvalue weighted by Gasteiger charge is 2.46. The van der Waals surface area contributed by atoms with Crippen LogP contribution in [0, 0.1) is 5.92 Å². The standard InChI is InChI=1S/C28H35NO3/c1-4-5-6-7-19-15-21(14-18-8-11-22(29)12-9-18)26-23-17-20(27(30)31)10-13-24(23)28(2,3)32-25(26)16-19/h8-12,15-16,23-24H,4-7,13-14,17,29H2,1-3H3,(H,30,31)/t23-,24-/m0/s1. The number of carboxylic acid groups (broad SMARTS) is 1. The van der Waals surface area contributed by atoms with Crippen molar-refractivity contribution >= 4 is 11.7 Å². The Balaban J connectivity index is 1.79. The molecule has 170 valence electrons. The third-order valence-corrected chi connectivity index (χ3v) is 7.19. The summed E-state index contributed by atoms with van der Waals surface area (Å²) < 4.78 is 6.63. The fourth-order valence-corrected chi connectivity index (χ4v) is 5.48. The number of hydrogen-bond acceptors (Lipinski definition) is 3. The summed E-state index contributed by atoms with van der Waals surface area (Å²) in [6.45, 7) is 6.52. The first-order chi connectivity index (χ1) is 15.3. The van der Waals surface area contributed by atoms with E-state index in [0.29, 0.717) is 12.0 Å². The molecule has 3 N–H and O–H groups in total. The summed E-state index contributed by atoms with van der Waals surface area (Å²) in [6.07, 6.45) is 8.60. The highest BCUT2D eigenvalue weighted by molar-refractivity contribution is 5.87. The lowest BCUT2D eigenvalue weighted by atomic mass is 9.66. The number of aryl methyl sites for hydroxylation is 1. The van der Waals surface area contributed by atoms with E-state index in [1.807, 2.05) is 18.2 Å². The highest BCUT2D eigenvalue weighted by Crippen LogP contribution is 2.53. The molecule has 4 nitrogen and oxygen atoms in total. The Hall–Kier alpha value is -2.75. The number of carboxylic acids is 1. The van der Waals surface area contributed by atoms with Gasteiger partial charge in [-0.1, -0.05) is 44.0 Å². The van der Waals surface area contributed by atoms with Gasteiger partial charge in [0.1, 0.15) is 11.4 Å². The lowest BCUT2D eigenvalue weighted by Gasteiger charge is -2.47. The fourth-order valence-electron chi connectivity index (χ4n) is 5.48. The van der Waals surface area contributed by atoms with Gasteiger partial charge < -0.3 is 15.6 Å². The van der Waals surface area contributed by atoms with Crippen molar-refractivity contribution in [1.29, 1.82) is 0 Å². The van der Waals surface area contributed by atoms with Crippen LogP contribution in [0.3, 0.4) is 0 Å². The van der Waals surface area contributed by atoms with E-state index in [9.17, 15) is 9.90 Å². The minimum absolute atomic E-state index is 0.151. The average molecular weight is 434 g/mol. The molecule has 0 aromatic heterocycles. The lowest BCUT2D eigenvalue weighted by molar-refractivity contribution is -0.133. The van der Waals surface area contributed by atoms with Gasteiger partial charge in [0.25, 0.3) is 0 Å². The highest BCUT2D eigenvalue weighted by atomic mass is 16.5. The average Bonchev–Trinajstić information content (AvgIpc) is 2.74. The molecule has 4 heteroatoms. The van der Waals surface area contributed by atoms with Crippen LogP contribution in [-0.4, -0.2) is 16.7 Å². The van der Waals surface area contributed by atoms with Crippen molar-refractivity contribution in [2.24, 2.45) is 5.92 Å². The van der Waals surface area contributed by atoms with E-state index in [-0.39, 0.29) is 17.4 Å². The first-order valence-corrected chi connectivity index (χ1v) is 11.9. The summed E-state index contributed by atoms with van der Waals surface area (Å²) in [5, 5.41) is 9.69. The van der Waals surface area contributed by atoms with E-state index >= 15 is 0 Å². The van der Waals surface area contributed by atoms with Crippen LogP contribution in [0.4, 0.5) is 5.69 Å². The second-order valence-electron chi connectivity index (χ2n) is 9.94. The van der Waals surface area contributed by atoms with Crippen molar-refractivity contribution in [3.63, 3.8) is 0 Å². The van der Waals surface area contributed by atoms with E-state index < -0.39 is 5.97 Å². The molecule has 2 aliphatic rings. The first-order valence-electron chi connectivity index (χ1n) is 11.9. The normalized spacial score (nSPS) is 21.2. The molecule has 0 saturated heterocycles. The molecule has 32 heavy (non-hydrogen) atoms. The minimum atomic E-state index is -0.800. The number of nitrogens with two attached hydrogens (primary N) is 1. The summed E-state index contributed by atoms with van der Waals surface area (Å²) in [5.74, 6) is 0.556. The largest absolute Gasteiger partial charge is 0.487 e. The lowest BCUT2D eigenvalue weighted by Crippen LogP contribution is -2.46. The van der Waals surface area contributed by atoms with Crippen molar-refractivity contribution in [2.45, 2.75) is 77.2 Å². The van der Waals surface area contributed by atoms with Gasteiger partial charge in [-0.25, -0.2) is 4.79 Å². The number of rotatable bonds is 7. The Bertz CT molecular complexity index is 1020. The predicted molar refractivity (Wildman–Crippen MR) is 129 cm³/mol. The van der Waals surface area contributed by atoms with Crippen LogP contribution in [0.15, 0.2) is 48.0 Å². The molecule has 0 bridgehead atoms. The van der Waals surface area contributed by atoms with Crippen LogP contribution in [0.2, 0.25) is 0 Å². The Morgan fingerprint density at radius 1 is 1.16 bits per heavy atom. The molecule has 1 heterocycles. The number of allylic oxidation sites excluding steroid dienone is 1. The number of fused-ring (bicyclic) bond motifs is 3. The van der Waals surface area contributed by atoms with Gasteiger partial charge in [0.2, 0.25) is 0 Å². The quantitative estimate of drug-likeness (QED) is 0.399. The maximum Gasteiger partial charge on any atom is 0.331 e. The molecule has 2 aromatic rings. The van der Waals surface area contributed by atoms with Gasteiger partial charge in [-0.15, -0.1) is 0 Å². The second-order valence-corrected chi connectivity index (χ2v) is 9.94. The Labute approximate surface area is 191 Å². The van der Waals surface area contributed by atoms with Crippen molar-refractivity contribution in [3.05, 3.63) is 70.3 Å². The zero-order valence-corrected chi connectivity index (χ0v) is 19.5. The summed E-state index contributed by atoms with van der Waals surface area (Å²) >= 11 is 0. The van der Waals surface area contributed by atoms with Crippen molar-refractivity contribution in [3.8, 4) is 5.75 Å². The van der Waals surface area contributed by atoms with Gasteiger partial charge in [-0.05, 0) is 86.8 Å². The number of anilines is 1. The fraction of sp³-hybridized carbons (Fsp3) is 0.464. The van der Waals surface area contributed by atoms with Crippen molar-refractivity contribution < 1.29 is 14.6 Å². The molecule has 2 atom stereocenters. The molecule has 0 amide bonds. The van der Waals surface area contributed by atoms with Gasteiger partial charge in [0, 0.05) is 22.7 Å². The smallest absolute Gasteiger partial charge is 0.331 e. The molecule has 1 aliphatic heterocycles. The number of benzene rings is 2. The SMILES string of the molecule is CCCCCc1cc(Cc2ccc(N)cc2)c2c(c1)OC(C)(C)[C@H]1CC=C(C(=O)O)C[C@H]21. The van der Waals surface area contributed by atoms with E-state index in [1.165, 1.54) is 35.1 Å². The van der Waals surface area contributed by atoms with Gasteiger partial charge >= 0.3 is 5.97 Å². The number of ether oxygens (including phenoxy) is 1. The zero-order chi connectivity index (χ0) is 22.9. The Kier molecular flexibility index (Phi) is 6.32. The molecule has 0 radical (unpaired) electrons. The monoisotopic (exact) mass is 433 g/mol. The van der Waals surface area contributed by atoms with Crippen LogP contribution < -0.4 is 10.5 Å². The maximum atomic E-state index is 11.8. The number of unbranched alkanes of at least 4 members (excludes halogenated alkanes) is 2. The van der Waals surface area contributed by atoms with Gasteiger partial charge in [-0.2, -0.15) is 0 Å². The van der Waals surface area contributed by atoms with Crippen LogP contribution in [-0.2, 0) is 17.6 Å². The van der Waals surface area contributed by atoms with Crippen molar-refractivity contribution in [2.75, 3.05) is 5.73 Å². The predicted octanol–water partition coefficient (Wildman–Crippen LogP) is 6.27. The van der Waals surface area contributed by atoms with E-state index in [0.717, 1.165) is 37.1 Å². The topological polar surface area (TPSA) is 72.5 Å².